The Balaban J connectivity index is 1.75. The largest absolute Gasteiger partial charge is 0.467 e. The van der Waals surface area contributed by atoms with Gasteiger partial charge in [0.25, 0.3) is 5.91 Å². The first kappa shape index (κ1) is 15.1. The SMILES string of the molecule is CCC1CCCCN1CCNC(=O)c1coc(CN)c1. The van der Waals surface area contributed by atoms with Crippen LogP contribution in [0.15, 0.2) is 16.7 Å². The van der Waals surface area contributed by atoms with Gasteiger partial charge in [-0.2, -0.15) is 0 Å². The van der Waals surface area contributed by atoms with Gasteiger partial charge < -0.3 is 15.5 Å². The fourth-order valence-corrected chi connectivity index (χ4v) is 2.84. The van der Waals surface area contributed by atoms with Crippen molar-refractivity contribution in [2.24, 2.45) is 5.73 Å². The molecule has 0 radical (unpaired) electrons. The van der Waals surface area contributed by atoms with Gasteiger partial charge in [0.1, 0.15) is 12.0 Å². The minimum Gasteiger partial charge on any atom is -0.467 e. The number of likely N-dealkylation sites (tertiary alicyclic amines) is 1. The van der Waals surface area contributed by atoms with Gasteiger partial charge in [0.15, 0.2) is 0 Å². The van der Waals surface area contributed by atoms with E-state index in [1.165, 1.54) is 31.9 Å². The number of furan rings is 1. The van der Waals surface area contributed by atoms with E-state index in [0.29, 0.717) is 30.5 Å². The first-order chi connectivity index (χ1) is 9.74. The molecule has 0 bridgehead atoms. The van der Waals surface area contributed by atoms with Crippen molar-refractivity contribution in [3.8, 4) is 0 Å². The summed E-state index contributed by atoms with van der Waals surface area (Å²) in [5.41, 5.74) is 6.01. The third-order valence-corrected chi connectivity index (χ3v) is 4.02. The summed E-state index contributed by atoms with van der Waals surface area (Å²) in [6, 6.07) is 2.38. The van der Waals surface area contributed by atoms with Crippen LogP contribution in [0.4, 0.5) is 0 Å². The molecule has 0 aromatic carbocycles. The fourth-order valence-electron chi connectivity index (χ4n) is 2.84. The van der Waals surface area contributed by atoms with Gasteiger partial charge >= 0.3 is 0 Å². The second kappa shape index (κ2) is 7.45. The van der Waals surface area contributed by atoms with E-state index in [9.17, 15) is 4.79 Å². The lowest BCUT2D eigenvalue weighted by atomic mass is 10.0. The number of nitrogens with zero attached hydrogens (tertiary/aromatic N) is 1. The normalized spacial score (nSPS) is 20.0. The van der Waals surface area contributed by atoms with E-state index in [-0.39, 0.29) is 5.91 Å². The Hall–Kier alpha value is -1.33. The van der Waals surface area contributed by atoms with Crippen molar-refractivity contribution in [3.63, 3.8) is 0 Å². The summed E-state index contributed by atoms with van der Waals surface area (Å²) in [4.78, 5) is 14.4. The maximum Gasteiger partial charge on any atom is 0.254 e. The predicted octanol–water partition coefficient (Wildman–Crippen LogP) is 1.73. The first-order valence-electron chi connectivity index (χ1n) is 7.54. The van der Waals surface area contributed by atoms with Gasteiger partial charge in [0.05, 0.1) is 12.1 Å². The predicted molar refractivity (Wildman–Crippen MR) is 78.4 cm³/mol. The molecule has 20 heavy (non-hydrogen) atoms. The van der Waals surface area contributed by atoms with Gasteiger partial charge in [-0.05, 0) is 31.9 Å². The maximum atomic E-state index is 11.9. The van der Waals surface area contributed by atoms with Crippen molar-refractivity contribution in [1.82, 2.24) is 10.2 Å². The average molecular weight is 279 g/mol. The van der Waals surface area contributed by atoms with Gasteiger partial charge in [-0.15, -0.1) is 0 Å². The lowest BCUT2D eigenvalue weighted by Gasteiger charge is -2.35. The minimum absolute atomic E-state index is 0.0847. The Kier molecular flexibility index (Phi) is 5.61. The molecule has 0 spiro atoms. The summed E-state index contributed by atoms with van der Waals surface area (Å²) in [7, 11) is 0. The molecule has 5 heteroatoms. The van der Waals surface area contributed by atoms with E-state index in [4.69, 9.17) is 10.2 Å². The zero-order chi connectivity index (χ0) is 14.4. The molecule has 2 rings (SSSR count). The van der Waals surface area contributed by atoms with Crippen LogP contribution < -0.4 is 11.1 Å². The molecule has 0 aliphatic carbocycles. The monoisotopic (exact) mass is 279 g/mol. The van der Waals surface area contributed by atoms with Crippen LogP contribution in [-0.2, 0) is 6.54 Å². The second-order valence-electron chi connectivity index (χ2n) is 5.36. The smallest absolute Gasteiger partial charge is 0.254 e. The number of piperidine rings is 1. The minimum atomic E-state index is -0.0847. The zero-order valence-electron chi connectivity index (χ0n) is 12.2. The van der Waals surface area contributed by atoms with Gasteiger partial charge in [0, 0.05) is 19.1 Å². The summed E-state index contributed by atoms with van der Waals surface area (Å²) < 4.78 is 5.17. The number of carbonyl (C=O) groups excluding carboxylic acids is 1. The van der Waals surface area contributed by atoms with Crippen molar-refractivity contribution in [2.75, 3.05) is 19.6 Å². The van der Waals surface area contributed by atoms with Gasteiger partial charge in [-0.25, -0.2) is 0 Å². The Bertz CT molecular complexity index is 431. The topological polar surface area (TPSA) is 71.5 Å². The zero-order valence-corrected chi connectivity index (χ0v) is 12.2. The van der Waals surface area contributed by atoms with Gasteiger partial charge in [-0.1, -0.05) is 13.3 Å². The van der Waals surface area contributed by atoms with Gasteiger partial charge in [-0.3, -0.25) is 9.69 Å². The van der Waals surface area contributed by atoms with E-state index in [1.54, 1.807) is 6.07 Å². The Morgan fingerprint density at radius 1 is 1.55 bits per heavy atom. The highest BCUT2D eigenvalue weighted by Gasteiger charge is 2.20. The van der Waals surface area contributed by atoms with Crippen molar-refractivity contribution in [1.29, 1.82) is 0 Å². The maximum absolute atomic E-state index is 11.9. The molecule has 1 aliphatic rings. The average Bonchev–Trinajstić information content (AvgIpc) is 2.96. The van der Waals surface area contributed by atoms with Crippen LogP contribution in [-0.4, -0.2) is 36.5 Å². The van der Waals surface area contributed by atoms with Crippen molar-refractivity contribution in [2.45, 2.75) is 45.2 Å². The molecule has 5 nitrogen and oxygen atoms in total. The Morgan fingerprint density at radius 3 is 3.10 bits per heavy atom. The van der Waals surface area contributed by atoms with Crippen LogP contribution in [0.1, 0.15) is 48.7 Å². The summed E-state index contributed by atoms with van der Waals surface area (Å²) in [5.74, 6) is 0.552. The molecule has 0 saturated carbocycles. The highest BCUT2D eigenvalue weighted by atomic mass is 16.3. The number of rotatable bonds is 6. The Labute approximate surface area is 120 Å². The molecule has 3 N–H and O–H groups in total. The summed E-state index contributed by atoms with van der Waals surface area (Å²) >= 11 is 0. The van der Waals surface area contributed by atoms with E-state index < -0.39 is 0 Å². The number of hydrogen-bond donors (Lipinski definition) is 2. The first-order valence-corrected chi connectivity index (χ1v) is 7.54. The van der Waals surface area contributed by atoms with E-state index >= 15 is 0 Å². The number of hydrogen-bond acceptors (Lipinski definition) is 4. The van der Waals surface area contributed by atoms with Crippen LogP contribution in [0.3, 0.4) is 0 Å². The molecule has 1 atom stereocenters. The highest BCUT2D eigenvalue weighted by Crippen LogP contribution is 2.18. The lowest BCUT2D eigenvalue weighted by Crippen LogP contribution is -2.43. The molecule has 2 heterocycles. The van der Waals surface area contributed by atoms with Crippen LogP contribution in [0, 0.1) is 0 Å². The molecule has 1 aromatic heterocycles. The number of nitrogens with one attached hydrogen (secondary N) is 1. The van der Waals surface area contributed by atoms with Crippen LogP contribution in [0.2, 0.25) is 0 Å². The van der Waals surface area contributed by atoms with Gasteiger partial charge in [0.2, 0.25) is 0 Å². The molecule has 112 valence electrons. The molecular weight excluding hydrogens is 254 g/mol. The number of carbonyl (C=O) groups is 1. The molecular formula is C15H25N3O2. The highest BCUT2D eigenvalue weighted by molar-refractivity contribution is 5.93. The van der Waals surface area contributed by atoms with Crippen LogP contribution in [0.5, 0.6) is 0 Å². The van der Waals surface area contributed by atoms with Crippen molar-refractivity contribution in [3.05, 3.63) is 23.7 Å². The van der Waals surface area contributed by atoms with Crippen LogP contribution >= 0.6 is 0 Å². The lowest BCUT2D eigenvalue weighted by molar-refractivity contribution is 0.0933. The summed E-state index contributed by atoms with van der Waals surface area (Å²) in [6.45, 7) is 5.31. The van der Waals surface area contributed by atoms with Crippen molar-refractivity contribution < 1.29 is 9.21 Å². The number of amides is 1. The second-order valence-corrected chi connectivity index (χ2v) is 5.36. The fraction of sp³-hybridized carbons (Fsp3) is 0.667. The molecule has 1 unspecified atom stereocenters. The molecule has 1 fully saturated rings. The molecule has 1 saturated heterocycles. The van der Waals surface area contributed by atoms with E-state index in [2.05, 4.69) is 17.1 Å². The van der Waals surface area contributed by atoms with Crippen molar-refractivity contribution >= 4 is 5.91 Å². The standard InChI is InChI=1S/C15H25N3O2/c1-2-13-5-3-4-7-18(13)8-6-17-15(19)12-9-14(10-16)20-11-12/h9,11,13H,2-8,10,16H2,1H3,(H,17,19). The summed E-state index contributed by atoms with van der Waals surface area (Å²) in [6.07, 6.45) is 6.54. The molecule has 1 amide bonds. The Morgan fingerprint density at radius 2 is 2.40 bits per heavy atom. The van der Waals surface area contributed by atoms with E-state index in [0.717, 1.165) is 13.1 Å². The third kappa shape index (κ3) is 3.84. The third-order valence-electron chi connectivity index (χ3n) is 4.02. The molecule has 1 aromatic rings. The molecule has 1 aliphatic heterocycles. The van der Waals surface area contributed by atoms with Crippen LogP contribution in [0.25, 0.3) is 0 Å². The number of nitrogens with two attached hydrogens (primary N) is 1. The quantitative estimate of drug-likeness (QED) is 0.832. The van der Waals surface area contributed by atoms with E-state index in [1.807, 2.05) is 0 Å². The summed E-state index contributed by atoms with van der Waals surface area (Å²) in [5, 5.41) is 2.95.